The van der Waals surface area contributed by atoms with E-state index in [2.05, 4.69) is 145 Å². The van der Waals surface area contributed by atoms with E-state index in [-0.39, 0.29) is 10.8 Å². The van der Waals surface area contributed by atoms with Gasteiger partial charge in [-0.05, 0) is 82.2 Å². The molecule has 2 nitrogen and oxygen atoms in total. The molecule has 0 fully saturated rings. The summed E-state index contributed by atoms with van der Waals surface area (Å²) >= 11 is 0. The molecule has 0 aliphatic rings. The van der Waals surface area contributed by atoms with Crippen molar-refractivity contribution in [1.29, 1.82) is 0 Å². The van der Waals surface area contributed by atoms with Crippen molar-refractivity contribution in [3.63, 3.8) is 0 Å². The van der Waals surface area contributed by atoms with Crippen molar-refractivity contribution in [1.82, 2.24) is 9.97 Å². The summed E-state index contributed by atoms with van der Waals surface area (Å²) in [6.07, 6.45) is 3.87. The summed E-state index contributed by atoms with van der Waals surface area (Å²) in [5.41, 5.74) is 7.07. The first kappa shape index (κ1) is 27.0. The fraction of sp³-hybridized carbons (Fsp3) is 0.222. The van der Waals surface area contributed by atoms with Crippen LogP contribution in [0.2, 0.25) is 0 Å². The number of pyridine rings is 2. The first-order valence-corrected chi connectivity index (χ1v) is 14.9. The second kappa shape index (κ2) is 10.9. The Bertz CT molecular complexity index is 1480. The molecule has 0 saturated carbocycles. The van der Waals surface area contributed by atoms with E-state index in [0.29, 0.717) is 0 Å². The lowest BCUT2D eigenvalue weighted by Crippen LogP contribution is -2.21. The first-order chi connectivity index (χ1) is 18.6. The minimum absolute atomic E-state index is 0.0741. The highest BCUT2D eigenvalue weighted by molar-refractivity contribution is 7.79. The number of benzene rings is 3. The third-order valence-electron chi connectivity index (χ3n) is 7.07. The molecule has 196 valence electrons. The maximum Gasteiger partial charge on any atom is 0.0705 e. The summed E-state index contributed by atoms with van der Waals surface area (Å²) in [7, 11) is -0.775. The summed E-state index contributed by atoms with van der Waals surface area (Å²) in [4.78, 5) is 9.50. The van der Waals surface area contributed by atoms with Crippen molar-refractivity contribution in [2.24, 2.45) is 0 Å². The third-order valence-corrected chi connectivity index (χ3v) is 9.47. The minimum Gasteiger partial charge on any atom is -0.256 e. The Balaban J connectivity index is 1.60. The second-order valence-corrected chi connectivity index (χ2v) is 14.4. The van der Waals surface area contributed by atoms with Gasteiger partial charge in [0.2, 0.25) is 0 Å². The van der Waals surface area contributed by atoms with Crippen LogP contribution in [0.1, 0.15) is 52.7 Å². The largest absolute Gasteiger partial charge is 0.256 e. The lowest BCUT2D eigenvalue weighted by molar-refractivity contribution is 0.589. The molecular weight excluding hydrogens is 491 g/mol. The highest BCUT2D eigenvalue weighted by atomic mass is 31.1. The maximum atomic E-state index is 4.75. The van der Waals surface area contributed by atoms with Crippen LogP contribution in [-0.2, 0) is 10.8 Å². The molecule has 0 saturated heterocycles. The first-order valence-electron chi connectivity index (χ1n) is 13.6. The number of hydrogen-bond acceptors (Lipinski definition) is 2. The molecule has 0 spiro atoms. The summed E-state index contributed by atoms with van der Waals surface area (Å²) in [6, 6.07) is 37.5. The zero-order chi connectivity index (χ0) is 27.6. The molecule has 0 atom stereocenters. The van der Waals surface area contributed by atoms with Crippen LogP contribution in [0.3, 0.4) is 0 Å². The molecule has 0 amide bonds. The van der Waals surface area contributed by atoms with E-state index in [0.717, 1.165) is 22.5 Å². The van der Waals surface area contributed by atoms with E-state index in [4.69, 9.17) is 9.97 Å². The Kier molecular flexibility index (Phi) is 7.52. The topological polar surface area (TPSA) is 25.8 Å². The Hall–Kier alpha value is -3.61. The highest BCUT2D eigenvalue weighted by Crippen LogP contribution is 2.36. The van der Waals surface area contributed by atoms with Gasteiger partial charge in [0.15, 0.2) is 0 Å². The van der Waals surface area contributed by atoms with Crippen LogP contribution in [0.25, 0.3) is 22.5 Å². The van der Waals surface area contributed by atoms with Crippen molar-refractivity contribution in [2.45, 2.75) is 52.4 Å². The van der Waals surface area contributed by atoms with Crippen LogP contribution < -0.4 is 15.9 Å². The molecule has 2 aromatic heterocycles. The van der Waals surface area contributed by atoms with Gasteiger partial charge in [-0.1, -0.05) is 108 Å². The minimum atomic E-state index is -0.775. The summed E-state index contributed by atoms with van der Waals surface area (Å²) in [5.74, 6) is 0. The van der Waals surface area contributed by atoms with E-state index in [9.17, 15) is 0 Å². The zero-order valence-corrected chi connectivity index (χ0v) is 24.7. The molecule has 2 heterocycles. The van der Waals surface area contributed by atoms with Crippen molar-refractivity contribution < 1.29 is 0 Å². The maximum absolute atomic E-state index is 4.75. The molecule has 0 aliphatic heterocycles. The molecule has 0 unspecified atom stereocenters. The molecule has 39 heavy (non-hydrogen) atoms. The van der Waals surface area contributed by atoms with Crippen LogP contribution in [0.5, 0.6) is 0 Å². The molecule has 5 aromatic rings. The smallest absolute Gasteiger partial charge is 0.0705 e. The van der Waals surface area contributed by atoms with Crippen molar-refractivity contribution in [3.8, 4) is 22.5 Å². The predicted octanol–water partition coefficient (Wildman–Crippen LogP) is 8.16. The van der Waals surface area contributed by atoms with Crippen molar-refractivity contribution >= 4 is 23.8 Å². The number of hydrogen-bond donors (Lipinski definition) is 0. The van der Waals surface area contributed by atoms with Crippen molar-refractivity contribution in [2.75, 3.05) is 0 Å². The van der Waals surface area contributed by atoms with Gasteiger partial charge in [-0.3, -0.25) is 9.97 Å². The Morgan fingerprint density at radius 2 is 0.897 bits per heavy atom. The van der Waals surface area contributed by atoms with Gasteiger partial charge in [0.25, 0.3) is 0 Å². The van der Waals surface area contributed by atoms with Gasteiger partial charge in [-0.15, -0.1) is 0 Å². The fourth-order valence-electron chi connectivity index (χ4n) is 4.74. The quantitative estimate of drug-likeness (QED) is 0.215. The number of aromatic nitrogens is 2. The molecule has 0 radical (unpaired) electrons. The van der Waals surface area contributed by atoms with Crippen LogP contribution in [-0.4, -0.2) is 9.97 Å². The Morgan fingerprint density at radius 1 is 0.462 bits per heavy atom. The molecule has 5 rings (SSSR count). The molecular formula is C36H37N2P. The molecule has 3 heteroatoms. The van der Waals surface area contributed by atoms with Crippen LogP contribution in [0, 0.1) is 0 Å². The average Bonchev–Trinajstić information content (AvgIpc) is 2.93. The Labute approximate surface area is 235 Å². The predicted molar refractivity (Wildman–Crippen MR) is 169 cm³/mol. The van der Waals surface area contributed by atoms with Crippen LogP contribution >= 0.6 is 7.92 Å². The van der Waals surface area contributed by atoms with Gasteiger partial charge in [0, 0.05) is 23.5 Å². The van der Waals surface area contributed by atoms with E-state index >= 15 is 0 Å². The highest BCUT2D eigenvalue weighted by Gasteiger charge is 2.20. The van der Waals surface area contributed by atoms with Gasteiger partial charge in [0.05, 0.1) is 11.4 Å². The van der Waals surface area contributed by atoms with Gasteiger partial charge >= 0.3 is 0 Å². The molecule has 0 bridgehead atoms. The molecule has 0 aliphatic carbocycles. The second-order valence-electron chi connectivity index (χ2n) is 12.1. The van der Waals surface area contributed by atoms with Crippen LogP contribution in [0.15, 0.2) is 116 Å². The van der Waals surface area contributed by atoms with Gasteiger partial charge in [-0.2, -0.15) is 0 Å². The van der Waals surface area contributed by atoms with E-state index < -0.39 is 7.92 Å². The summed E-state index contributed by atoms with van der Waals surface area (Å²) in [5, 5.41) is 3.95. The fourth-order valence-corrected chi connectivity index (χ4v) is 7.11. The Morgan fingerprint density at radius 3 is 1.33 bits per heavy atom. The van der Waals surface area contributed by atoms with E-state index in [1.165, 1.54) is 27.0 Å². The van der Waals surface area contributed by atoms with Crippen molar-refractivity contribution in [3.05, 3.63) is 127 Å². The van der Waals surface area contributed by atoms with Gasteiger partial charge in [-0.25, -0.2) is 0 Å². The monoisotopic (exact) mass is 528 g/mol. The number of nitrogens with zero attached hydrogens (tertiary/aromatic N) is 2. The van der Waals surface area contributed by atoms with Gasteiger partial charge in [0.1, 0.15) is 0 Å². The van der Waals surface area contributed by atoms with E-state index in [1.54, 1.807) is 0 Å². The van der Waals surface area contributed by atoms with E-state index in [1.807, 2.05) is 12.4 Å². The lowest BCUT2D eigenvalue weighted by Gasteiger charge is -2.22. The zero-order valence-electron chi connectivity index (χ0n) is 23.8. The molecule has 3 aromatic carbocycles. The lowest BCUT2D eigenvalue weighted by atomic mass is 9.87. The third kappa shape index (κ3) is 6.18. The average molecular weight is 529 g/mol. The standard InChI is InChI=1S/C36H37N2P/c1-35(2,3)28-18-20-37-33(24-28)26-12-10-16-31(22-26)39(30-14-8-7-9-15-30)32-17-11-13-27(23-32)34-25-29(19-21-38-34)36(4,5)6/h7-25H,1-6H3. The number of rotatable bonds is 5. The SMILES string of the molecule is CC(C)(C)c1ccnc(-c2cccc(P(c3ccccc3)c3cccc(-c4cc(C(C)(C)C)ccn4)c3)c2)c1. The normalized spacial score (nSPS) is 12.1. The summed E-state index contributed by atoms with van der Waals surface area (Å²) < 4.78 is 0. The summed E-state index contributed by atoms with van der Waals surface area (Å²) in [6.45, 7) is 13.5. The molecule has 0 N–H and O–H groups in total. The van der Waals surface area contributed by atoms with Crippen LogP contribution in [0.4, 0.5) is 0 Å². The van der Waals surface area contributed by atoms with Gasteiger partial charge < -0.3 is 0 Å².